The highest BCUT2D eigenvalue weighted by molar-refractivity contribution is 7.91. The molecule has 0 aliphatic heterocycles. The topological polar surface area (TPSA) is 63.6 Å². The van der Waals surface area contributed by atoms with Crippen molar-refractivity contribution in [3.63, 3.8) is 0 Å². The van der Waals surface area contributed by atoms with Crippen LogP contribution in [0.4, 0.5) is 0 Å². The minimum absolute atomic E-state index is 0.469. The van der Waals surface area contributed by atoms with Gasteiger partial charge in [-0.05, 0) is 19.9 Å². The van der Waals surface area contributed by atoms with Gasteiger partial charge in [0.1, 0.15) is 5.75 Å². The third-order valence-corrected chi connectivity index (χ3v) is 4.27. The molecule has 1 aromatic carbocycles. The van der Waals surface area contributed by atoms with Gasteiger partial charge in [0, 0.05) is 11.8 Å². The van der Waals surface area contributed by atoms with Crippen molar-refractivity contribution in [1.29, 1.82) is 0 Å². The van der Waals surface area contributed by atoms with Gasteiger partial charge in [-0.15, -0.1) is 0 Å². The molecule has 0 aromatic heterocycles. The van der Waals surface area contributed by atoms with Gasteiger partial charge in [0.05, 0.1) is 18.0 Å². The summed E-state index contributed by atoms with van der Waals surface area (Å²) >= 11 is 0. The van der Waals surface area contributed by atoms with Crippen molar-refractivity contribution in [2.45, 2.75) is 25.2 Å². The van der Waals surface area contributed by atoms with Gasteiger partial charge in [-0.1, -0.05) is 18.2 Å². The zero-order valence-electron chi connectivity index (χ0n) is 10.3. The molecule has 1 aromatic rings. The van der Waals surface area contributed by atoms with E-state index < -0.39 is 21.2 Å². The van der Waals surface area contributed by atoms with Crippen LogP contribution in [-0.2, 0) is 9.84 Å². The van der Waals surface area contributed by atoms with E-state index in [1.165, 1.54) is 6.92 Å². The number of hydrogen-bond donors (Lipinski definition) is 1. The molecule has 0 saturated heterocycles. The van der Waals surface area contributed by atoms with Crippen molar-refractivity contribution in [3.8, 4) is 5.75 Å². The van der Waals surface area contributed by atoms with Crippen LogP contribution in [0.1, 0.15) is 25.5 Å². The molecule has 0 bridgehead atoms. The largest absolute Gasteiger partial charge is 0.493 e. The molecule has 17 heavy (non-hydrogen) atoms. The van der Waals surface area contributed by atoms with Gasteiger partial charge in [-0.2, -0.15) is 0 Å². The number of sulfone groups is 1. The Balaban J connectivity index is 3.07. The maximum Gasteiger partial charge on any atom is 0.152 e. The lowest BCUT2D eigenvalue weighted by Crippen LogP contribution is -2.24. The Labute approximate surface area is 102 Å². The van der Waals surface area contributed by atoms with Crippen LogP contribution < -0.4 is 4.74 Å². The van der Waals surface area contributed by atoms with Crippen molar-refractivity contribution < 1.29 is 18.3 Å². The fraction of sp³-hybridized carbons (Fsp3) is 0.500. The van der Waals surface area contributed by atoms with Crippen molar-refractivity contribution >= 4 is 9.84 Å². The Hall–Kier alpha value is -1.07. The first kappa shape index (κ1) is 14.0. The molecule has 1 rings (SSSR count). The van der Waals surface area contributed by atoms with E-state index >= 15 is 0 Å². The lowest BCUT2D eigenvalue weighted by molar-refractivity contribution is 0.170. The Bertz CT molecular complexity index is 467. The van der Waals surface area contributed by atoms with E-state index in [1.807, 2.05) is 6.92 Å². The Morgan fingerprint density at radius 3 is 2.47 bits per heavy atom. The first-order chi connectivity index (χ1) is 7.88. The van der Waals surface area contributed by atoms with Crippen LogP contribution >= 0.6 is 0 Å². The molecule has 2 atom stereocenters. The van der Waals surface area contributed by atoms with Gasteiger partial charge in [0.25, 0.3) is 0 Å². The predicted octanol–water partition coefficient (Wildman–Crippen LogP) is 1.55. The second-order valence-electron chi connectivity index (χ2n) is 3.95. The van der Waals surface area contributed by atoms with Crippen LogP contribution in [0.3, 0.4) is 0 Å². The highest BCUT2D eigenvalue weighted by atomic mass is 32.2. The zero-order chi connectivity index (χ0) is 13.1. The SMILES string of the molecule is CCOc1ccccc1C(O)C(C)S(C)(=O)=O. The zero-order valence-corrected chi connectivity index (χ0v) is 11.1. The summed E-state index contributed by atoms with van der Waals surface area (Å²) < 4.78 is 28.2. The molecule has 1 N–H and O–H groups in total. The molecule has 0 heterocycles. The molecular formula is C12H18O4S. The monoisotopic (exact) mass is 258 g/mol. The van der Waals surface area contributed by atoms with Crippen LogP contribution in [0.2, 0.25) is 0 Å². The number of ether oxygens (including phenoxy) is 1. The van der Waals surface area contributed by atoms with E-state index in [0.717, 1.165) is 6.26 Å². The van der Waals surface area contributed by atoms with Gasteiger partial charge >= 0.3 is 0 Å². The second kappa shape index (κ2) is 5.51. The molecule has 0 aliphatic carbocycles. The van der Waals surface area contributed by atoms with E-state index in [2.05, 4.69) is 0 Å². The molecule has 0 saturated carbocycles. The molecule has 0 amide bonds. The molecule has 0 aliphatic rings. The number of aliphatic hydroxyl groups is 1. The van der Waals surface area contributed by atoms with E-state index in [4.69, 9.17) is 4.74 Å². The number of aliphatic hydroxyl groups excluding tert-OH is 1. The molecule has 0 radical (unpaired) electrons. The van der Waals surface area contributed by atoms with Gasteiger partial charge in [0.2, 0.25) is 0 Å². The normalized spacial score (nSPS) is 15.3. The van der Waals surface area contributed by atoms with Gasteiger partial charge in [0.15, 0.2) is 9.84 Å². The lowest BCUT2D eigenvalue weighted by atomic mass is 10.1. The maximum absolute atomic E-state index is 11.4. The Morgan fingerprint density at radius 2 is 1.94 bits per heavy atom. The summed E-state index contributed by atoms with van der Waals surface area (Å²) in [6.45, 7) is 3.79. The summed E-state index contributed by atoms with van der Waals surface area (Å²) in [6, 6.07) is 6.93. The van der Waals surface area contributed by atoms with Crippen LogP contribution in [0, 0.1) is 0 Å². The number of hydrogen-bond acceptors (Lipinski definition) is 4. The molecule has 96 valence electrons. The third-order valence-electron chi connectivity index (χ3n) is 2.66. The fourth-order valence-electron chi connectivity index (χ4n) is 1.50. The molecule has 0 fully saturated rings. The molecule has 2 unspecified atom stereocenters. The fourth-order valence-corrected chi connectivity index (χ4v) is 2.11. The average molecular weight is 258 g/mol. The molecule has 5 heteroatoms. The molecule has 0 spiro atoms. The molecular weight excluding hydrogens is 240 g/mol. The van der Waals surface area contributed by atoms with E-state index in [1.54, 1.807) is 24.3 Å². The lowest BCUT2D eigenvalue weighted by Gasteiger charge is -2.20. The average Bonchev–Trinajstić information content (AvgIpc) is 2.27. The smallest absolute Gasteiger partial charge is 0.152 e. The second-order valence-corrected chi connectivity index (χ2v) is 6.35. The van der Waals surface area contributed by atoms with Crippen LogP contribution in [0.25, 0.3) is 0 Å². The van der Waals surface area contributed by atoms with Crippen LogP contribution in [-0.4, -0.2) is 31.6 Å². The highest BCUT2D eigenvalue weighted by Gasteiger charge is 2.27. The van der Waals surface area contributed by atoms with Crippen molar-refractivity contribution in [1.82, 2.24) is 0 Å². The van der Waals surface area contributed by atoms with Crippen LogP contribution in [0.5, 0.6) is 5.75 Å². The summed E-state index contributed by atoms with van der Waals surface area (Å²) in [4.78, 5) is 0. The highest BCUT2D eigenvalue weighted by Crippen LogP contribution is 2.29. The van der Waals surface area contributed by atoms with Crippen molar-refractivity contribution in [2.24, 2.45) is 0 Å². The van der Waals surface area contributed by atoms with Gasteiger partial charge in [-0.25, -0.2) is 8.42 Å². The van der Waals surface area contributed by atoms with Crippen LogP contribution in [0.15, 0.2) is 24.3 Å². The first-order valence-electron chi connectivity index (χ1n) is 5.46. The summed E-state index contributed by atoms with van der Waals surface area (Å²) in [5, 5.41) is 9.22. The standard InChI is InChI=1S/C12H18O4S/c1-4-16-11-8-6-5-7-10(11)12(13)9(2)17(3,14)15/h5-9,12-13H,4H2,1-3H3. The quantitative estimate of drug-likeness (QED) is 0.870. The van der Waals surface area contributed by atoms with Crippen molar-refractivity contribution in [2.75, 3.05) is 12.9 Å². The summed E-state index contributed by atoms with van der Waals surface area (Å²) in [5.74, 6) is 0.526. The van der Waals surface area contributed by atoms with Gasteiger partial charge < -0.3 is 9.84 Å². The molecule has 4 nitrogen and oxygen atoms in total. The van der Waals surface area contributed by atoms with Crippen molar-refractivity contribution in [3.05, 3.63) is 29.8 Å². The third kappa shape index (κ3) is 3.44. The number of benzene rings is 1. The maximum atomic E-state index is 11.4. The summed E-state index contributed by atoms with van der Waals surface area (Å²) in [5.41, 5.74) is 0.507. The predicted molar refractivity (Wildman–Crippen MR) is 66.9 cm³/mol. The number of rotatable bonds is 5. The Kier molecular flexibility index (Phi) is 4.54. The number of para-hydroxylation sites is 1. The summed E-state index contributed by atoms with van der Waals surface area (Å²) in [6.07, 6.45) is 0.0391. The summed E-state index contributed by atoms with van der Waals surface area (Å²) in [7, 11) is -3.29. The van der Waals surface area contributed by atoms with E-state index in [0.29, 0.717) is 17.9 Å². The van der Waals surface area contributed by atoms with E-state index in [9.17, 15) is 13.5 Å². The minimum Gasteiger partial charge on any atom is -0.493 e. The first-order valence-corrected chi connectivity index (χ1v) is 7.42. The Morgan fingerprint density at radius 1 is 1.35 bits per heavy atom. The van der Waals surface area contributed by atoms with E-state index in [-0.39, 0.29) is 0 Å². The minimum atomic E-state index is -3.29. The van der Waals surface area contributed by atoms with Gasteiger partial charge in [-0.3, -0.25) is 0 Å².